The summed E-state index contributed by atoms with van der Waals surface area (Å²) in [5.74, 6) is -3.78. The molecule has 7 nitrogen and oxygen atoms in total. The number of methoxy groups -OCH3 is 1. The van der Waals surface area contributed by atoms with Gasteiger partial charge in [0, 0.05) is 30.4 Å². The number of carbonyl (C=O) groups is 3. The molecule has 3 rings (SSSR count). The zero-order valence-electron chi connectivity index (χ0n) is 16.2. The SMILES string of the molecule is COC(=O)CC(NC(=O)C1CC(=O)N(c2cccc(N)c2)C1)c1cc(F)cc(F)c1. The van der Waals surface area contributed by atoms with Gasteiger partial charge in [0.2, 0.25) is 11.8 Å². The van der Waals surface area contributed by atoms with Gasteiger partial charge in [0.1, 0.15) is 11.6 Å². The number of esters is 1. The van der Waals surface area contributed by atoms with Crippen LogP contribution in [0.25, 0.3) is 0 Å². The molecule has 9 heteroatoms. The van der Waals surface area contributed by atoms with Gasteiger partial charge in [0.25, 0.3) is 0 Å². The number of anilines is 2. The topological polar surface area (TPSA) is 102 Å². The first-order chi connectivity index (χ1) is 14.3. The second kappa shape index (κ2) is 8.89. The highest BCUT2D eigenvalue weighted by atomic mass is 19.1. The molecule has 30 heavy (non-hydrogen) atoms. The van der Waals surface area contributed by atoms with Crippen LogP contribution in [-0.2, 0) is 19.1 Å². The Morgan fingerprint density at radius 1 is 1.23 bits per heavy atom. The van der Waals surface area contributed by atoms with E-state index in [1.807, 2.05) is 0 Å². The highest BCUT2D eigenvalue weighted by molar-refractivity contribution is 6.00. The molecule has 0 bridgehead atoms. The molecule has 2 amide bonds. The van der Waals surface area contributed by atoms with Gasteiger partial charge in [0.05, 0.1) is 25.5 Å². The van der Waals surface area contributed by atoms with Crippen LogP contribution in [0.15, 0.2) is 42.5 Å². The lowest BCUT2D eigenvalue weighted by Gasteiger charge is -2.21. The number of nitrogens with two attached hydrogens (primary N) is 1. The van der Waals surface area contributed by atoms with E-state index in [9.17, 15) is 23.2 Å². The summed E-state index contributed by atoms with van der Waals surface area (Å²) in [7, 11) is 1.17. The fourth-order valence-electron chi connectivity index (χ4n) is 3.39. The van der Waals surface area contributed by atoms with Gasteiger partial charge in [-0.05, 0) is 35.9 Å². The summed E-state index contributed by atoms with van der Waals surface area (Å²) in [6.45, 7) is 0.122. The van der Waals surface area contributed by atoms with Crippen LogP contribution in [0, 0.1) is 17.6 Å². The van der Waals surface area contributed by atoms with Gasteiger partial charge < -0.3 is 20.7 Å². The van der Waals surface area contributed by atoms with Crippen molar-refractivity contribution in [3.63, 3.8) is 0 Å². The van der Waals surface area contributed by atoms with Crippen molar-refractivity contribution >= 4 is 29.2 Å². The van der Waals surface area contributed by atoms with Crippen molar-refractivity contribution in [2.75, 3.05) is 24.3 Å². The highest BCUT2D eigenvalue weighted by Crippen LogP contribution is 2.28. The Morgan fingerprint density at radius 3 is 2.57 bits per heavy atom. The van der Waals surface area contributed by atoms with Crippen LogP contribution < -0.4 is 16.0 Å². The van der Waals surface area contributed by atoms with Crippen LogP contribution in [0.3, 0.4) is 0 Å². The van der Waals surface area contributed by atoms with Crippen LogP contribution in [0.5, 0.6) is 0 Å². The minimum absolute atomic E-state index is 0.0386. The number of nitrogens with zero attached hydrogens (tertiary/aromatic N) is 1. The molecule has 3 N–H and O–H groups in total. The molecule has 0 aliphatic carbocycles. The first kappa shape index (κ1) is 21.2. The maximum Gasteiger partial charge on any atom is 0.307 e. The maximum absolute atomic E-state index is 13.6. The predicted molar refractivity (Wildman–Crippen MR) is 105 cm³/mol. The first-order valence-corrected chi connectivity index (χ1v) is 9.26. The number of nitrogens with one attached hydrogen (secondary N) is 1. The molecule has 2 aromatic rings. The summed E-state index contributed by atoms with van der Waals surface area (Å²) in [4.78, 5) is 38.4. The summed E-state index contributed by atoms with van der Waals surface area (Å²) in [5.41, 5.74) is 6.91. The van der Waals surface area contributed by atoms with Gasteiger partial charge in [0.15, 0.2) is 0 Å². The molecule has 1 saturated heterocycles. The van der Waals surface area contributed by atoms with Crippen LogP contribution in [0.4, 0.5) is 20.2 Å². The fraction of sp³-hybridized carbons (Fsp3) is 0.286. The van der Waals surface area contributed by atoms with Gasteiger partial charge in [-0.3, -0.25) is 14.4 Å². The lowest BCUT2D eigenvalue weighted by molar-refractivity contribution is -0.141. The summed E-state index contributed by atoms with van der Waals surface area (Å²) in [6.07, 6.45) is -0.353. The molecule has 0 spiro atoms. The van der Waals surface area contributed by atoms with E-state index in [2.05, 4.69) is 10.1 Å². The summed E-state index contributed by atoms with van der Waals surface area (Å²) in [6, 6.07) is 8.50. The van der Waals surface area contributed by atoms with Crippen molar-refractivity contribution in [2.45, 2.75) is 18.9 Å². The van der Waals surface area contributed by atoms with E-state index in [-0.39, 0.29) is 30.9 Å². The van der Waals surface area contributed by atoms with Crippen molar-refractivity contribution in [3.05, 3.63) is 59.7 Å². The van der Waals surface area contributed by atoms with E-state index in [1.54, 1.807) is 24.3 Å². The van der Waals surface area contributed by atoms with Crippen molar-refractivity contribution in [2.24, 2.45) is 5.92 Å². The minimum atomic E-state index is -1.01. The molecule has 0 radical (unpaired) electrons. The standard InChI is InChI=1S/C21H21F2N3O4/c1-30-20(28)10-18(12-5-14(22)8-15(23)6-12)25-21(29)13-7-19(27)26(11-13)17-4-2-3-16(24)9-17/h2-6,8-9,13,18H,7,10-11,24H2,1H3,(H,25,29). The Morgan fingerprint density at radius 2 is 1.93 bits per heavy atom. The summed E-state index contributed by atoms with van der Waals surface area (Å²) >= 11 is 0. The van der Waals surface area contributed by atoms with Gasteiger partial charge >= 0.3 is 5.97 Å². The number of hydrogen-bond donors (Lipinski definition) is 2. The Balaban J connectivity index is 1.77. The third-order valence-electron chi connectivity index (χ3n) is 4.88. The second-order valence-electron chi connectivity index (χ2n) is 7.04. The molecule has 2 aromatic carbocycles. The van der Waals surface area contributed by atoms with Crippen molar-refractivity contribution in [3.8, 4) is 0 Å². The molecular formula is C21H21F2N3O4. The van der Waals surface area contributed by atoms with Crippen LogP contribution in [0.2, 0.25) is 0 Å². The van der Waals surface area contributed by atoms with E-state index in [1.165, 1.54) is 12.0 Å². The third kappa shape index (κ3) is 4.91. The number of amides is 2. The molecule has 2 unspecified atom stereocenters. The Labute approximate surface area is 171 Å². The van der Waals surface area contributed by atoms with Crippen molar-refractivity contribution in [1.29, 1.82) is 0 Å². The lowest BCUT2D eigenvalue weighted by atomic mass is 10.0. The van der Waals surface area contributed by atoms with E-state index in [4.69, 9.17) is 5.73 Å². The van der Waals surface area contributed by atoms with E-state index in [0.29, 0.717) is 17.4 Å². The average Bonchev–Trinajstić information content (AvgIpc) is 3.08. The first-order valence-electron chi connectivity index (χ1n) is 9.26. The highest BCUT2D eigenvalue weighted by Gasteiger charge is 2.36. The fourth-order valence-corrected chi connectivity index (χ4v) is 3.39. The third-order valence-corrected chi connectivity index (χ3v) is 4.88. The van der Waals surface area contributed by atoms with Crippen LogP contribution >= 0.6 is 0 Å². The molecule has 158 valence electrons. The predicted octanol–water partition coefficient (Wildman–Crippen LogP) is 2.32. The van der Waals surface area contributed by atoms with E-state index >= 15 is 0 Å². The average molecular weight is 417 g/mol. The number of hydrogen-bond acceptors (Lipinski definition) is 5. The molecule has 1 fully saturated rings. The molecular weight excluding hydrogens is 396 g/mol. The van der Waals surface area contributed by atoms with Crippen LogP contribution in [-0.4, -0.2) is 31.4 Å². The molecule has 2 atom stereocenters. The molecule has 0 saturated carbocycles. The van der Waals surface area contributed by atoms with Crippen molar-refractivity contribution in [1.82, 2.24) is 5.32 Å². The quantitative estimate of drug-likeness (QED) is 0.555. The van der Waals surface area contributed by atoms with Crippen LogP contribution in [0.1, 0.15) is 24.4 Å². The summed E-state index contributed by atoms with van der Waals surface area (Å²) < 4.78 is 31.9. The number of ether oxygens (including phenoxy) is 1. The lowest BCUT2D eigenvalue weighted by Crippen LogP contribution is -2.36. The van der Waals surface area contributed by atoms with Gasteiger partial charge in [-0.2, -0.15) is 0 Å². The van der Waals surface area contributed by atoms with Crippen molar-refractivity contribution < 1.29 is 27.9 Å². The maximum atomic E-state index is 13.6. The largest absolute Gasteiger partial charge is 0.469 e. The Hall–Kier alpha value is -3.49. The molecule has 1 heterocycles. The molecule has 1 aliphatic heterocycles. The Bertz CT molecular complexity index is 962. The number of halogens is 2. The number of rotatable bonds is 6. The second-order valence-corrected chi connectivity index (χ2v) is 7.04. The van der Waals surface area contributed by atoms with E-state index < -0.39 is 35.5 Å². The smallest absolute Gasteiger partial charge is 0.307 e. The monoisotopic (exact) mass is 417 g/mol. The number of benzene rings is 2. The number of nitrogen functional groups attached to an aromatic ring is 1. The van der Waals surface area contributed by atoms with Gasteiger partial charge in [-0.25, -0.2) is 8.78 Å². The molecule has 1 aliphatic rings. The Kier molecular flexibility index (Phi) is 6.29. The number of carbonyl (C=O) groups excluding carboxylic acids is 3. The zero-order valence-corrected chi connectivity index (χ0v) is 16.2. The zero-order chi connectivity index (χ0) is 21.8. The van der Waals surface area contributed by atoms with Gasteiger partial charge in [-0.1, -0.05) is 6.07 Å². The van der Waals surface area contributed by atoms with E-state index in [0.717, 1.165) is 12.1 Å². The van der Waals surface area contributed by atoms with Gasteiger partial charge in [-0.15, -0.1) is 0 Å². The normalized spacial score (nSPS) is 17.0. The molecule has 0 aromatic heterocycles. The summed E-state index contributed by atoms with van der Waals surface area (Å²) in [5, 5.41) is 2.62. The minimum Gasteiger partial charge on any atom is -0.469 e.